The van der Waals surface area contributed by atoms with Gasteiger partial charge in [-0.05, 0) is 19.8 Å². The third kappa shape index (κ3) is 4.18. The standard InChI is InChI=1S/C11H22N2O3/c1-4-6-8(12)9(14)13-11(3,7-5-2)10(15)16/h8H,4-7,12H2,1-3H3,(H,13,14)(H,15,16)/t8-,11?/m0/s1. The zero-order valence-corrected chi connectivity index (χ0v) is 10.2. The Kier molecular flexibility index (Phi) is 6.03. The van der Waals surface area contributed by atoms with Crippen LogP contribution in [0.15, 0.2) is 0 Å². The number of rotatable bonds is 7. The maximum Gasteiger partial charge on any atom is 0.329 e. The lowest BCUT2D eigenvalue weighted by atomic mass is 9.95. The number of hydrogen-bond donors (Lipinski definition) is 3. The van der Waals surface area contributed by atoms with E-state index in [2.05, 4.69) is 5.32 Å². The summed E-state index contributed by atoms with van der Waals surface area (Å²) in [5.41, 5.74) is 4.42. The van der Waals surface area contributed by atoms with Gasteiger partial charge in [-0.3, -0.25) is 4.79 Å². The van der Waals surface area contributed by atoms with Gasteiger partial charge in [-0.1, -0.05) is 26.7 Å². The zero-order valence-electron chi connectivity index (χ0n) is 10.2. The Hall–Kier alpha value is -1.10. The minimum Gasteiger partial charge on any atom is -0.480 e. The molecule has 0 saturated carbocycles. The summed E-state index contributed by atoms with van der Waals surface area (Å²) in [5.74, 6) is -1.41. The summed E-state index contributed by atoms with van der Waals surface area (Å²) in [5, 5.41) is 11.6. The summed E-state index contributed by atoms with van der Waals surface area (Å²) in [4.78, 5) is 22.7. The Morgan fingerprint density at radius 2 is 1.94 bits per heavy atom. The second-order valence-electron chi connectivity index (χ2n) is 4.27. The van der Waals surface area contributed by atoms with Gasteiger partial charge in [0.1, 0.15) is 5.54 Å². The van der Waals surface area contributed by atoms with Crippen molar-refractivity contribution in [1.82, 2.24) is 5.32 Å². The molecule has 5 nitrogen and oxygen atoms in total. The van der Waals surface area contributed by atoms with E-state index in [4.69, 9.17) is 10.8 Å². The number of carbonyl (C=O) groups excluding carboxylic acids is 1. The lowest BCUT2D eigenvalue weighted by Gasteiger charge is -2.27. The fourth-order valence-electron chi connectivity index (χ4n) is 1.53. The molecule has 0 aliphatic carbocycles. The molecule has 0 aliphatic rings. The Morgan fingerprint density at radius 3 is 2.31 bits per heavy atom. The zero-order chi connectivity index (χ0) is 12.8. The van der Waals surface area contributed by atoms with Crippen LogP contribution in [0, 0.1) is 0 Å². The van der Waals surface area contributed by atoms with Gasteiger partial charge in [-0.25, -0.2) is 4.79 Å². The van der Waals surface area contributed by atoms with Crippen molar-refractivity contribution in [2.75, 3.05) is 0 Å². The molecule has 0 radical (unpaired) electrons. The van der Waals surface area contributed by atoms with Crippen LogP contribution in [-0.4, -0.2) is 28.6 Å². The molecule has 0 saturated heterocycles. The number of amides is 1. The van der Waals surface area contributed by atoms with Crippen LogP contribution in [0.4, 0.5) is 0 Å². The van der Waals surface area contributed by atoms with Crippen LogP contribution in [0.3, 0.4) is 0 Å². The first kappa shape index (κ1) is 14.9. The van der Waals surface area contributed by atoms with Crippen molar-refractivity contribution in [3.63, 3.8) is 0 Å². The molecule has 1 amide bonds. The van der Waals surface area contributed by atoms with E-state index in [9.17, 15) is 9.59 Å². The van der Waals surface area contributed by atoms with Crippen LogP contribution in [-0.2, 0) is 9.59 Å². The normalized spacial score (nSPS) is 16.2. The van der Waals surface area contributed by atoms with Gasteiger partial charge in [0.2, 0.25) is 5.91 Å². The fourth-order valence-corrected chi connectivity index (χ4v) is 1.53. The Balaban J connectivity index is 4.52. The average Bonchev–Trinajstić information content (AvgIpc) is 2.18. The fraction of sp³-hybridized carbons (Fsp3) is 0.818. The third-order valence-corrected chi connectivity index (χ3v) is 2.56. The van der Waals surface area contributed by atoms with Gasteiger partial charge in [0, 0.05) is 0 Å². The Bertz CT molecular complexity index is 256. The summed E-state index contributed by atoms with van der Waals surface area (Å²) in [6, 6.07) is -0.625. The van der Waals surface area contributed by atoms with Gasteiger partial charge in [0.05, 0.1) is 6.04 Å². The third-order valence-electron chi connectivity index (χ3n) is 2.56. The van der Waals surface area contributed by atoms with Crippen LogP contribution in [0.25, 0.3) is 0 Å². The minimum atomic E-state index is -1.21. The molecule has 0 aliphatic heterocycles. The van der Waals surface area contributed by atoms with Gasteiger partial charge >= 0.3 is 5.97 Å². The SMILES string of the molecule is CCC[C@H](N)C(=O)NC(C)(CCC)C(=O)O. The van der Waals surface area contributed by atoms with Crippen molar-refractivity contribution >= 4 is 11.9 Å². The van der Waals surface area contributed by atoms with Crippen LogP contribution < -0.4 is 11.1 Å². The number of nitrogens with two attached hydrogens (primary N) is 1. The Labute approximate surface area is 96.4 Å². The van der Waals surface area contributed by atoms with E-state index in [1.807, 2.05) is 13.8 Å². The van der Waals surface area contributed by atoms with Crippen molar-refractivity contribution in [3.8, 4) is 0 Å². The molecule has 1 unspecified atom stereocenters. The van der Waals surface area contributed by atoms with Gasteiger partial charge in [-0.2, -0.15) is 0 Å². The quantitative estimate of drug-likeness (QED) is 0.605. The summed E-state index contributed by atoms with van der Waals surface area (Å²) in [6.07, 6.45) is 2.44. The van der Waals surface area contributed by atoms with Crippen LogP contribution in [0.1, 0.15) is 46.5 Å². The molecule has 4 N–H and O–H groups in total. The number of aliphatic carboxylic acids is 1. The van der Waals surface area contributed by atoms with Crippen molar-refractivity contribution in [2.24, 2.45) is 5.73 Å². The number of hydrogen-bond acceptors (Lipinski definition) is 3. The molecule has 5 heteroatoms. The van der Waals surface area contributed by atoms with Crippen LogP contribution >= 0.6 is 0 Å². The minimum absolute atomic E-state index is 0.389. The predicted molar refractivity (Wildman–Crippen MR) is 62.0 cm³/mol. The maximum atomic E-state index is 11.6. The largest absolute Gasteiger partial charge is 0.480 e. The monoisotopic (exact) mass is 230 g/mol. The van der Waals surface area contributed by atoms with E-state index in [0.717, 1.165) is 6.42 Å². The number of carboxylic acids is 1. The molecule has 16 heavy (non-hydrogen) atoms. The van der Waals surface area contributed by atoms with E-state index >= 15 is 0 Å². The van der Waals surface area contributed by atoms with Gasteiger partial charge in [-0.15, -0.1) is 0 Å². The van der Waals surface area contributed by atoms with E-state index in [1.165, 1.54) is 6.92 Å². The molecule has 2 atom stereocenters. The maximum absolute atomic E-state index is 11.6. The van der Waals surface area contributed by atoms with E-state index < -0.39 is 17.6 Å². The predicted octanol–water partition coefficient (Wildman–Crippen LogP) is 0.873. The molecular formula is C11H22N2O3. The van der Waals surface area contributed by atoms with Crippen LogP contribution in [0.5, 0.6) is 0 Å². The van der Waals surface area contributed by atoms with Crippen molar-refractivity contribution in [2.45, 2.75) is 58.0 Å². The molecule has 0 aromatic rings. The molecule has 0 fully saturated rings. The first-order chi connectivity index (χ1) is 7.37. The molecule has 0 heterocycles. The average molecular weight is 230 g/mol. The highest BCUT2D eigenvalue weighted by atomic mass is 16.4. The first-order valence-electron chi connectivity index (χ1n) is 5.68. The molecule has 0 rings (SSSR count). The highest BCUT2D eigenvalue weighted by molar-refractivity contribution is 5.89. The smallest absolute Gasteiger partial charge is 0.329 e. The molecule has 0 aromatic heterocycles. The second-order valence-corrected chi connectivity index (χ2v) is 4.27. The van der Waals surface area contributed by atoms with Crippen molar-refractivity contribution in [1.29, 1.82) is 0 Å². The topological polar surface area (TPSA) is 92.4 Å². The Morgan fingerprint density at radius 1 is 1.38 bits per heavy atom. The first-order valence-corrected chi connectivity index (χ1v) is 5.68. The number of nitrogens with one attached hydrogen (secondary N) is 1. The number of carbonyl (C=O) groups is 2. The molecule has 0 aromatic carbocycles. The van der Waals surface area contributed by atoms with Gasteiger partial charge in [0.15, 0.2) is 0 Å². The molecule has 94 valence electrons. The lowest BCUT2D eigenvalue weighted by molar-refractivity contribution is -0.147. The summed E-state index contributed by atoms with van der Waals surface area (Å²) < 4.78 is 0. The molecule has 0 bridgehead atoms. The lowest BCUT2D eigenvalue weighted by Crippen LogP contribution is -2.56. The molecular weight excluding hydrogens is 208 g/mol. The van der Waals surface area contributed by atoms with E-state index in [1.54, 1.807) is 0 Å². The van der Waals surface area contributed by atoms with E-state index in [-0.39, 0.29) is 5.91 Å². The summed E-state index contributed by atoms with van der Waals surface area (Å²) in [7, 11) is 0. The highest BCUT2D eigenvalue weighted by Crippen LogP contribution is 2.13. The number of carboxylic acid groups (broad SMARTS) is 1. The van der Waals surface area contributed by atoms with Gasteiger partial charge < -0.3 is 16.2 Å². The van der Waals surface area contributed by atoms with Crippen molar-refractivity contribution < 1.29 is 14.7 Å². The van der Waals surface area contributed by atoms with Crippen LogP contribution in [0.2, 0.25) is 0 Å². The van der Waals surface area contributed by atoms with Crippen molar-refractivity contribution in [3.05, 3.63) is 0 Å². The summed E-state index contributed by atoms with van der Waals surface area (Å²) in [6.45, 7) is 5.31. The second kappa shape index (κ2) is 6.48. The van der Waals surface area contributed by atoms with Gasteiger partial charge in [0.25, 0.3) is 0 Å². The molecule has 0 spiro atoms. The highest BCUT2D eigenvalue weighted by Gasteiger charge is 2.34. The van der Waals surface area contributed by atoms with E-state index in [0.29, 0.717) is 19.3 Å². The summed E-state index contributed by atoms with van der Waals surface area (Å²) >= 11 is 0.